The van der Waals surface area contributed by atoms with Gasteiger partial charge in [-0.1, -0.05) is 0 Å². The first-order valence-corrected chi connectivity index (χ1v) is 22.4. The Balaban J connectivity index is 2.28. The second-order valence-electron chi connectivity index (χ2n) is 16.5. The minimum absolute atomic E-state index is 0.00536. The lowest BCUT2D eigenvalue weighted by Gasteiger charge is -2.29. The van der Waals surface area contributed by atoms with Crippen LogP contribution in [0.1, 0.15) is 90.9 Å². The smallest absolute Gasteiger partial charge is 0.322 e. The first-order valence-electron chi connectivity index (χ1n) is 22.4. The molecular formula is C40H67N15O14. The molecule has 2 heterocycles. The van der Waals surface area contributed by atoms with Gasteiger partial charge in [0.25, 0.3) is 0 Å². The van der Waals surface area contributed by atoms with Crippen LogP contribution in [-0.2, 0) is 52.7 Å². The molecular weight excluding hydrogens is 915 g/mol. The first-order chi connectivity index (χ1) is 32.4. The Labute approximate surface area is 396 Å². The molecule has 0 aliphatic carbocycles. The van der Waals surface area contributed by atoms with Crippen molar-refractivity contribution in [3.8, 4) is 0 Å². The van der Waals surface area contributed by atoms with Crippen LogP contribution < -0.4 is 60.6 Å². The summed E-state index contributed by atoms with van der Waals surface area (Å²) in [6.45, 7) is 2.24. The van der Waals surface area contributed by atoms with E-state index in [1.165, 1.54) is 23.6 Å². The van der Waals surface area contributed by atoms with Crippen LogP contribution in [-0.4, -0.2) is 183 Å². The van der Waals surface area contributed by atoms with Crippen LogP contribution in [0.25, 0.3) is 0 Å². The molecule has 2 saturated heterocycles. The number of rotatable bonds is 29. The third-order valence-corrected chi connectivity index (χ3v) is 11.0. The first kappa shape index (κ1) is 57.8. The fourth-order valence-corrected chi connectivity index (χ4v) is 7.42. The minimum atomic E-state index is -1.53. The zero-order valence-corrected chi connectivity index (χ0v) is 38.6. The number of carboxylic acids is 3. The van der Waals surface area contributed by atoms with Crippen molar-refractivity contribution in [1.29, 1.82) is 0 Å². The number of carboxylic acid groups (broad SMARTS) is 3. The van der Waals surface area contributed by atoms with Gasteiger partial charge in [-0.2, -0.15) is 0 Å². The highest BCUT2D eigenvalue weighted by atomic mass is 16.4. The van der Waals surface area contributed by atoms with E-state index in [-0.39, 0.29) is 83.0 Å². The highest BCUT2D eigenvalue weighted by molar-refractivity contribution is 5.98. The fraction of sp³-hybridized carbons (Fsp3) is 0.675. The highest BCUT2D eigenvalue weighted by Gasteiger charge is 2.39. The molecule has 0 radical (unpaired) electrons. The van der Waals surface area contributed by atoms with E-state index in [1.54, 1.807) is 0 Å². The van der Waals surface area contributed by atoms with Crippen molar-refractivity contribution >= 4 is 77.1 Å². The summed E-state index contributed by atoms with van der Waals surface area (Å²) in [4.78, 5) is 151. The summed E-state index contributed by atoms with van der Waals surface area (Å²) in [5.41, 5.74) is 27.7. The molecule has 2 fully saturated rings. The van der Waals surface area contributed by atoms with Gasteiger partial charge in [0.05, 0.1) is 6.04 Å². The molecule has 0 saturated carbocycles. The number of likely N-dealkylation sites (tertiary alicyclic amines) is 2. The van der Waals surface area contributed by atoms with Crippen LogP contribution in [0, 0.1) is 0 Å². The number of aliphatic imine (C=N–C) groups is 2. The van der Waals surface area contributed by atoms with Gasteiger partial charge in [0.2, 0.25) is 47.3 Å². The van der Waals surface area contributed by atoms with Crippen LogP contribution in [0.4, 0.5) is 0 Å². The van der Waals surface area contributed by atoms with Crippen molar-refractivity contribution in [2.45, 2.75) is 139 Å². The number of aliphatic carboxylic acids is 3. The number of guanidine groups is 2. The molecule has 19 N–H and O–H groups in total. The van der Waals surface area contributed by atoms with Crippen molar-refractivity contribution in [2.75, 3.05) is 32.7 Å². The average Bonchev–Trinajstić information content (AvgIpc) is 3.98. The molecule has 8 amide bonds. The van der Waals surface area contributed by atoms with Crippen molar-refractivity contribution in [2.24, 2.45) is 38.7 Å². The highest BCUT2D eigenvalue weighted by Crippen LogP contribution is 2.21. The van der Waals surface area contributed by atoms with Gasteiger partial charge in [0.1, 0.15) is 48.8 Å². The summed E-state index contributed by atoms with van der Waals surface area (Å²) in [7, 11) is 0. The number of amides is 8. The maximum atomic E-state index is 14.0. The van der Waals surface area contributed by atoms with Gasteiger partial charge >= 0.3 is 17.9 Å². The van der Waals surface area contributed by atoms with Crippen molar-refractivity contribution in [3.63, 3.8) is 0 Å². The lowest BCUT2D eigenvalue weighted by atomic mass is 10.1. The maximum Gasteiger partial charge on any atom is 0.322 e. The van der Waals surface area contributed by atoms with E-state index in [2.05, 4.69) is 41.9 Å². The van der Waals surface area contributed by atoms with E-state index in [9.17, 15) is 57.8 Å². The fourth-order valence-electron chi connectivity index (χ4n) is 7.42. The van der Waals surface area contributed by atoms with Gasteiger partial charge in [0, 0.05) is 39.0 Å². The molecule has 69 heavy (non-hydrogen) atoms. The van der Waals surface area contributed by atoms with E-state index in [1.807, 2.05) is 0 Å². The predicted octanol–water partition coefficient (Wildman–Crippen LogP) is -6.20. The summed E-state index contributed by atoms with van der Waals surface area (Å²) < 4.78 is 0. The summed E-state index contributed by atoms with van der Waals surface area (Å²) in [5.74, 6) is -10.8. The Bertz CT molecular complexity index is 1940. The Hall–Kier alpha value is -7.33. The van der Waals surface area contributed by atoms with Crippen LogP contribution in [0.5, 0.6) is 0 Å². The van der Waals surface area contributed by atoms with Gasteiger partial charge in [-0.15, -0.1) is 0 Å². The summed E-state index contributed by atoms with van der Waals surface area (Å²) in [6.07, 6.45) is -0.370. The topological polar surface area (TPSA) is 482 Å². The number of hydrogen-bond acceptors (Lipinski definition) is 14. The standard InChI is InChI=1S/C40H67N15O14/c1-20(49-33(64)25(12-14-29(58)59)53-36(67)27-10-6-18-55(27)38(69)22(41)11-13-28(56)57)31(62)51-24(8-4-16-47-40(44)45)34(65)52-23(7-3-15-46-39(42)43)32(63)50-21(2)37(68)54-17-5-9-26(54)35(66)48-19-30(60)61/h20-27H,3-19,41H2,1-2H3,(H,48,66)(H,49,64)(H,50,63)(H,51,62)(H,52,65)(H,53,67)(H,56,57)(H,58,59)(H,60,61)(H4,42,43,46)(H4,44,45,47)/t20-,21-,22-,23-,24-,25-,26-,27-/m0/s1. The quantitative estimate of drug-likeness (QED) is 0.0188. The van der Waals surface area contributed by atoms with Gasteiger partial charge in [-0.3, -0.25) is 62.7 Å². The molecule has 2 rings (SSSR count). The monoisotopic (exact) mass is 981 g/mol. The van der Waals surface area contributed by atoms with Crippen LogP contribution in [0.3, 0.4) is 0 Å². The lowest BCUT2D eigenvalue weighted by Crippen LogP contribution is -2.59. The Morgan fingerprint density at radius 1 is 0.551 bits per heavy atom. The third-order valence-electron chi connectivity index (χ3n) is 11.0. The Kier molecular flexibility index (Phi) is 24.1. The SMILES string of the molecule is C[C@H](NC(=O)[C@H](CCC(=O)O)NC(=O)[C@@H]1CCCN1C(=O)[C@@H](N)CCC(=O)O)C(=O)N[C@@H](CCCN=C(N)N)C(=O)N[C@@H](CCCN=C(N)N)C(=O)N[C@@H](C)C(=O)N1CCC[C@H]1C(=O)NCC(=O)O. The van der Waals surface area contributed by atoms with Crippen LogP contribution >= 0.6 is 0 Å². The molecule has 0 bridgehead atoms. The molecule has 0 spiro atoms. The average molecular weight is 982 g/mol. The second kappa shape index (κ2) is 28.8. The van der Waals surface area contributed by atoms with E-state index in [4.69, 9.17) is 38.9 Å². The van der Waals surface area contributed by atoms with Crippen molar-refractivity contribution in [1.82, 2.24) is 41.7 Å². The summed E-state index contributed by atoms with van der Waals surface area (Å²) in [5, 5.41) is 42.0. The molecule has 29 nitrogen and oxygen atoms in total. The predicted molar refractivity (Wildman–Crippen MR) is 243 cm³/mol. The molecule has 0 aromatic heterocycles. The molecule has 386 valence electrons. The number of nitrogens with two attached hydrogens (primary N) is 5. The summed E-state index contributed by atoms with van der Waals surface area (Å²) >= 11 is 0. The zero-order chi connectivity index (χ0) is 52.0. The summed E-state index contributed by atoms with van der Waals surface area (Å²) in [6, 6.07) is -10.3. The normalized spacial score (nSPS) is 17.8. The lowest BCUT2D eigenvalue weighted by molar-refractivity contribution is -0.142. The molecule has 0 aromatic carbocycles. The number of nitrogens with zero attached hydrogens (tertiary/aromatic N) is 4. The Morgan fingerprint density at radius 2 is 0.986 bits per heavy atom. The van der Waals surface area contributed by atoms with Crippen LogP contribution in [0.2, 0.25) is 0 Å². The molecule has 0 unspecified atom stereocenters. The van der Waals surface area contributed by atoms with E-state index >= 15 is 0 Å². The molecule has 2 aliphatic rings. The largest absolute Gasteiger partial charge is 0.481 e. The second-order valence-corrected chi connectivity index (χ2v) is 16.5. The minimum Gasteiger partial charge on any atom is -0.481 e. The number of carbonyl (C=O) groups excluding carboxylic acids is 8. The molecule has 2 aliphatic heterocycles. The third kappa shape index (κ3) is 20.2. The van der Waals surface area contributed by atoms with Gasteiger partial charge in [-0.25, -0.2) is 0 Å². The zero-order valence-electron chi connectivity index (χ0n) is 38.6. The van der Waals surface area contributed by atoms with Gasteiger partial charge < -0.3 is 85.7 Å². The van der Waals surface area contributed by atoms with Crippen molar-refractivity contribution in [3.05, 3.63) is 0 Å². The van der Waals surface area contributed by atoms with Gasteiger partial charge in [-0.05, 0) is 78.1 Å². The van der Waals surface area contributed by atoms with Crippen LogP contribution in [0.15, 0.2) is 9.98 Å². The van der Waals surface area contributed by atoms with E-state index in [0.29, 0.717) is 12.8 Å². The van der Waals surface area contributed by atoms with E-state index < -0.39 is 139 Å². The molecule has 0 aromatic rings. The van der Waals surface area contributed by atoms with Gasteiger partial charge in [0.15, 0.2) is 11.9 Å². The van der Waals surface area contributed by atoms with E-state index in [0.717, 1.165) is 0 Å². The maximum absolute atomic E-state index is 14.0. The number of hydrogen-bond donors (Lipinski definition) is 14. The number of nitrogens with one attached hydrogen (secondary N) is 6. The van der Waals surface area contributed by atoms with Crippen molar-refractivity contribution < 1.29 is 68.1 Å². The Morgan fingerprint density at radius 3 is 1.48 bits per heavy atom. The molecule has 29 heteroatoms. The molecule has 8 atom stereocenters. The number of carbonyl (C=O) groups is 11.